The average molecular weight is 249 g/mol. The van der Waals surface area contributed by atoms with Gasteiger partial charge in [-0.25, -0.2) is 0 Å². The third kappa shape index (κ3) is 2.27. The second-order valence-corrected chi connectivity index (χ2v) is 3.71. The zero-order valence-corrected chi connectivity index (χ0v) is 9.41. The van der Waals surface area contributed by atoms with Crippen LogP contribution in [0.25, 0.3) is 17.2 Å². The molecule has 1 heterocycles. The van der Waals surface area contributed by atoms with Crippen molar-refractivity contribution in [3.8, 4) is 11.1 Å². The molecule has 0 amide bonds. The van der Waals surface area contributed by atoms with E-state index in [0.717, 1.165) is 6.07 Å². The Morgan fingerprint density at radius 1 is 1.06 bits per heavy atom. The van der Waals surface area contributed by atoms with E-state index in [9.17, 15) is 13.2 Å². The summed E-state index contributed by atoms with van der Waals surface area (Å²) in [4.78, 5) is 3.88. The molecule has 0 atom stereocenters. The number of alkyl halides is 3. The fourth-order valence-corrected chi connectivity index (χ4v) is 1.78. The van der Waals surface area contributed by atoms with Gasteiger partial charge in [-0.3, -0.25) is 4.98 Å². The van der Waals surface area contributed by atoms with E-state index < -0.39 is 11.7 Å². The van der Waals surface area contributed by atoms with Gasteiger partial charge in [-0.1, -0.05) is 30.9 Å². The van der Waals surface area contributed by atoms with Crippen LogP contribution in [-0.4, -0.2) is 4.98 Å². The zero-order valence-electron chi connectivity index (χ0n) is 9.41. The first-order valence-electron chi connectivity index (χ1n) is 5.27. The van der Waals surface area contributed by atoms with Crippen molar-refractivity contribution >= 4 is 6.08 Å². The molecule has 0 saturated heterocycles. The van der Waals surface area contributed by atoms with Crippen LogP contribution in [0.1, 0.15) is 11.1 Å². The van der Waals surface area contributed by atoms with Crippen molar-refractivity contribution in [3.63, 3.8) is 0 Å². The summed E-state index contributed by atoms with van der Waals surface area (Å²) >= 11 is 0. The Bertz CT molecular complexity index is 573. The number of pyridine rings is 1. The highest BCUT2D eigenvalue weighted by Gasteiger charge is 2.33. The fourth-order valence-electron chi connectivity index (χ4n) is 1.78. The van der Waals surface area contributed by atoms with Crippen molar-refractivity contribution in [1.82, 2.24) is 4.98 Å². The molecule has 0 aliphatic heterocycles. The minimum Gasteiger partial charge on any atom is -0.264 e. The molecular weight excluding hydrogens is 239 g/mol. The maximum absolute atomic E-state index is 12.9. The highest BCUT2D eigenvalue weighted by molar-refractivity contribution is 5.76. The molecule has 0 aliphatic rings. The summed E-state index contributed by atoms with van der Waals surface area (Å²) in [7, 11) is 0. The average Bonchev–Trinajstić information content (AvgIpc) is 2.37. The van der Waals surface area contributed by atoms with Crippen LogP contribution in [0.4, 0.5) is 13.2 Å². The van der Waals surface area contributed by atoms with Crippen molar-refractivity contribution < 1.29 is 13.2 Å². The molecule has 18 heavy (non-hydrogen) atoms. The number of aromatic nitrogens is 1. The van der Waals surface area contributed by atoms with Crippen LogP contribution in [-0.2, 0) is 6.18 Å². The lowest BCUT2D eigenvalue weighted by Crippen LogP contribution is -2.07. The number of benzene rings is 1. The molecule has 4 heteroatoms. The molecule has 0 spiro atoms. The number of hydrogen-bond acceptors (Lipinski definition) is 1. The first-order valence-corrected chi connectivity index (χ1v) is 5.27. The van der Waals surface area contributed by atoms with Crippen LogP contribution in [0.3, 0.4) is 0 Å². The predicted molar refractivity (Wildman–Crippen MR) is 64.8 cm³/mol. The Morgan fingerprint density at radius 2 is 1.78 bits per heavy atom. The standard InChI is InChI=1S/C14H10F3N/c1-2-10-9-18-8-7-11(10)12-5-3-4-6-13(12)14(15,16)17/h2-9H,1H2. The van der Waals surface area contributed by atoms with Gasteiger partial charge >= 0.3 is 6.18 Å². The van der Waals surface area contributed by atoms with Crippen molar-refractivity contribution in [3.05, 3.63) is 60.4 Å². The number of nitrogens with zero attached hydrogens (tertiary/aromatic N) is 1. The van der Waals surface area contributed by atoms with Gasteiger partial charge in [-0.15, -0.1) is 0 Å². The minimum atomic E-state index is -4.38. The second-order valence-electron chi connectivity index (χ2n) is 3.71. The maximum Gasteiger partial charge on any atom is 0.417 e. The lowest BCUT2D eigenvalue weighted by atomic mass is 9.96. The van der Waals surface area contributed by atoms with Gasteiger partial charge in [0.15, 0.2) is 0 Å². The van der Waals surface area contributed by atoms with Gasteiger partial charge < -0.3 is 0 Å². The largest absolute Gasteiger partial charge is 0.417 e. The summed E-state index contributed by atoms with van der Waals surface area (Å²) in [5.74, 6) is 0. The molecule has 0 fully saturated rings. The van der Waals surface area contributed by atoms with Crippen LogP contribution in [0.15, 0.2) is 49.3 Å². The Kier molecular flexibility index (Phi) is 3.19. The van der Waals surface area contributed by atoms with E-state index >= 15 is 0 Å². The molecule has 1 aromatic carbocycles. The normalized spacial score (nSPS) is 11.3. The molecular formula is C14H10F3N. The first-order chi connectivity index (χ1) is 8.54. The van der Waals surface area contributed by atoms with Crippen LogP contribution in [0.5, 0.6) is 0 Å². The van der Waals surface area contributed by atoms with E-state index in [4.69, 9.17) is 0 Å². The van der Waals surface area contributed by atoms with Gasteiger partial charge in [0.2, 0.25) is 0 Å². The minimum absolute atomic E-state index is 0.141. The van der Waals surface area contributed by atoms with Crippen LogP contribution < -0.4 is 0 Å². The van der Waals surface area contributed by atoms with Gasteiger partial charge in [0.05, 0.1) is 5.56 Å². The molecule has 0 aliphatic carbocycles. The number of rotatable bonds is 2. The SMILES string of the molecule is C=Cc1cnccc1-c1ccccc1C(F)(F)F. The van der Waals surface area contributed by atoms with Gasteiger partial charge in [0.25, 0.3) is 0 Å². The number of hydrogen-bond donors (Lipinski definition) is 0. The van der Waals surface area contributed by atoms with Crippen molar-refractivity contribution in [2.24, 2.45) is 0 Å². The summed E-state index contributed by atoms with van der Waals surface area (Å²) in [6, 6.07) is 7.04. The molecule has 0 unspecified atom stereocenters. The molecule has 2 aromatic rings. The van der Waals surface area contributed by atoms with Gasteiger partial charge in [-0.05, 0) is 23.3 Å². The zero-order chi connectivity index (χ0) is 13.2. The molecule has 1 nitrogen and oxygen atoms in total. The van der Waals surface area contributed by atoms with Gasteiger partial charge in [0.1, 0.15) is 0 Å². The van der Waals surface area contributed by atoms with Gasteiger partial charge in [0, 0.05) is 18.0 Å². The first kappa shape index (κ1) is 12.4. The second kappa shape index (κ2) is 4.64. The van der Waals surface area contributed by atoms with Crippen LogP contribution in [0, 0.1) is 0 Å². The molecule has 2 rings (SSSR count). The van der Waals surface area contributed by atoms with Crippen molar-refractivity contribution in [1.29, 1.82) is 0 Å². The quantitative estimate of drug-likeness (QED) is 0.768. The fraction of sp³-hybridized carbons (Fsp3) is 0.0714. The van der Waals surface area contributed by atoms with E-state index in [-0.39, 0.29) is 5.56 Å². The third-order valence-electron chi connectivity index (χ3n) is 2.59. The summed E-state index contributed by atoms with van der Waals surface area (Å²) in [5, 5.41) is 0. The number of halogens is 3. The van der Waals surface area contributed by atoms with Gasteiger partial charge in [-0.2, -0.15) is 13.2 Å². The van der Waals surface area contributed by atoms with E-state index in [1.165, 1.54) is 30.6 Å². The molecule has 0 bridgehead atoms. The lowest BCUT2D eigenvalue weighted by molar-refractivity contribution is -0.137. The summed E-state index contributed by atoms with van der Waals surface area (Å²) < 4.78 is 38.8. The molecule has 0 radical (unpaired) electrons. The van der Waals surface area contributed by atoms with Crippen molar-refractivity contribution in [2.45, 2.75) is 6.18 Å². The lowest BCUT2D eigenvalue weighted by Gasteiger charge is -2.14. The summed E-state index contributed by atoms with van der Waals surface area (Å²) in [5.41, 5.74) is 0.545. The Morgan fingerprint density at radius 3 is 2.44 bits per heavy atom. The van der Waals surface area contributed by atoms with E-state index in [1.54, 1.807) is 12.1 Å². The summed E-state index contributed by atoms with van der Waals surface area (Å²) in [6.07, 6.45) is 0.0821. The van der Waals surface area contributed by atoms with Crippen LogP contribution >= 0.6 is 0 Å². The van der Waals surface area contributed by atoms with Crippen molar-refractivity contribution in [2.75, 3.05) is 0 Å². The van der Waals surface area contributed by atoms with E-state index in [1.807, 2.05) is 0 Å². The van der Waals surface area contributed by atoms with E-state index in [0.29, 0.717) is 11.1 Å². The topological polar surface area (TPSA) is 12.9 Å². The predicted octanol–water partition coefficient (Wildman–Crippen LogP) is 4.41. The Hall–Kier alpha value is -2.10. The van der Waals surface area contributed by atoms with E-state index in [2.05, 4.69) is 11.6 Å². The molecule has 0 N–H and O–H groups in total. The Balaban J connectivity index is 2.68. The smallest absolute Gasteiger partial charge is 0.264 e. The highest BCUT2D eigenvalue weighted by atomic mass is 19.4. The maximum atomic E-state index is 12.9. The monoisotopic (exact) mass is 249 g/mol. The molecule has 92 valence electrons. The van der Waals surface area contributed by atoms with Crippen LogP contribution in [0.2, 0.25) is 0 Å². The molecule has 1 aromatic heterocycles. The third-order valence-corrected chi connectivity index (χ3v) is 2.59. The summed E-state index contributed by atoms with van der Waals surface area (Å²) in [6.45, 7) is 3.59. The Labute approximate surface area is 103 Å². The molecule has 0 saturated carbocycles. The highest BCUT2D eigenvalue weighted by Crippen LogP contribution is 2.37.